The number of hydrogen-bond donors (Lipinski definition) is 2. The summed E-state index contributed by atoms with van der Waals surface area (Å²) in [5.74, 6) is 0.566. The molecule has 6 heteroatoms. The summed E-state index contributed by atoms with van der Waals surface area (Å²) in [6.07, 6.45) is 6.33. The van der Waals surface area contributed by atoms with Crippen molar-refractivity contribution in [1.29, 1.82) is 0 Å². The van der Waals surface area contributed by atoms with Gasteiger partial charge in [0.25, 0.3) is 0 Å². The van der Waals surface area contributed by atoms with Gasteiger partial charge in [-0.15, -0.1) is 0 Å². The fourth-order valence-electron chi connectivity index (χ4n) is 4.23. The topological polar surface area (TPSA) is 74.3 Å². The number of pyridine rings is 1. The van der Waals surface area contributed by atoms with E-state index in [-0.39, 0.29) is 17.9 Å². The SMILES string of the molecule is O=C(CC1CCCC(=O)N1)Nc1ncccc1CN1CCc2ccccc2CC1. The van der Waals surface area contributed by atoms with Crippen molar-refractivity contribution < 1.29 is 9.59 Å². The van der Waals surface area contributed by atoms with Crippen LogP contribution in [0.1, 0.15) is 42.4 Å². The van der Waals surface area contributed by atoms with Gasteiger partial charge in [-0.1, -0.05) is 30.3 Å². The summed E-state index contributed by atoms with van der Waals surface area (Å²) in [5, 5.41) is 5.87. The van der Waals surface area contributed by atoms with Crippen LogP contribution >= 0.6 is 0 Å². The first-order chi connectivity index (χ1) is 14.2. The molecular weight excluding hydrogens is 364 g/mol. The third kappa shape index (κ3) is 5.21. The second-order valence-electron chi connectivity index (χ2n) is 7.96. The Morgan fingerprint density at radius 1 is 1.10 bits per heavy atom. The van der Waals surface area contributed by atoms with Crippen LogP contribution in [-0.2, 0) is 29.0 Å². The third-order valence-corrected chi connectivity index (χ3v) is 5.81. The maximum absolute atomic E-state index is 12.5. The molecule has 0 radical (unpaired) electrons. The zero-order valence-corrected chi connectivity index (χ0v) is 16.7. The second kappa shape index (κ2) is 9.18. The van der Waals surface area contributed by atoms with E-state index in [2.05, 4.69) is 44.8 Å². The van der Waals surface area contributed by atoms with Crippen molar-refractivity contribution in [3.8, 4) is 0 Å². The zero-order chi connectivity index (χ0) is 20.1. The molecule has 1 unspecified atom stereocenters. The summed E-state index contributed by atoms with van der Waals surface area (Å²) in [6, 6.07) is 12.5. The number of aromatic nitrogens is 1. The predicted octanol–water partition coefficient (Wildman–Crippen LogP) is 2.68. The van der Waals surface area contributed by atoms with Crippen LogP contribution in [0.3, 0.4) is 0 Å². The molecule has 2 N–H and O–H groups in total. The number of nitrogens with zero attached hydrogens (tertiary/aromatic N) is 2. The van der Waals surface area contributed by atoms with Gasteiger partial charge in [0.1, 0.15) is 5.82 Å². The van der Waals surface area contributed by atoms with E-state index in [1.807, 2.05) is 12.1 Å². The minimum atomic E-state index is -0.0968. The van der Waals surface area contributed by atoms with Crippen molar-refractivity contribution in [2.75, 3.05) is 18.4 Å². The summed E-state index contributed by atoms with van der Waals surface area (Å²) in [7, 11) is 0. The van der Waals surface area contributed by atoms with Crippen molar-refractivity contribution in [3.05, 3.63) is 59.3 Å². The second-order valence-corrected chi connectivity index (χ2v) is 7.96. The molecule has 2 aromatic rings. The molecule has 2 amide bonds. The molecule has 0 bridgehead atoms. The molecule has 4 rings (SSSR count). The lowest BCUT2D eigenvalue weighted by Crippen LogP contribution is -2.40. The average molecular weight is 393 g/mol. The number of carbonyl (C=O) groups is 2. The van der Waals surface area contributed by atoms with Gasteiger partial charge in [-0.05, 0) is 42.9 Å². The number of fused-ring (bicyclic) bond motifs is 1. The average Bonchev–Trinajstić information content (AvgIpc) is 2.92. The number of anilines is 1. The van der Waals surface area contributed by atoms with E-state index in [1.54, 1.807) is 6.20 Å². The largest absolute Gasteiger partial charge is 0.353 e. The minimum absolute atomic E-state index is 0.0368. The standard InChI is InChI=1S/C23H28N4O2/c28-21-9-3-8-20(25-21)15-22(29)26-23-19(7-4-12-24-23)16-27-13-10-17-5-1-2-6-18(17)11-14-27/h1-2,4-7,12,20H,3,8-11,13-16H2,(H,25,28)(H,24,26,29). The fourth-order valence-corrected chi connectivity index (χ4v) is 4.23. The Kier molecular flexibility index (Phi) is 6.20. The van der Waals surface area contributed by atoms with Crippen LogP contribution in [0, 0.1) is 0 Å². The summed E-state index contributed by atoms with van der Waals surface area (Å²) < 4.78 is 0. The molecule has 152 valence electrons. The quantitative estimate of drug-likeness (QED) is 0.820. The highest BCUT2D eigenvalue weighted by atomic mass is 16.2. The lowest BCUT2D eigenvalue weighted by atomic mass is 10.0. The molecule has 1 saturated heterocycles. The first-order valence-corrected chi connectivity index (χ1v) is 10.5. The normalized spacial score (nSPS) is 19.7. The van der Waals surface area contributed by atoms with Crippen molar-refractivity contribution in [1.82, 2.24) is 15.2 Å². The van der Waals surface area contributed by atoms with Gasteiger partial charge in [0, 0.05) is 50.3 Å². The first-order valence-electron chi connectivity index (χ1n) is 10.5. The highest BCUT2D eigenvalue weighted by Gasteiger charge is 2.22. The maximum Gasteiger partial charge on any atom is 0.227 e. The van der Waals surface area contributed by atoms with Crippen molar-refractivity contribution in [2.45, 2.75) is 51.1 Å². The van der Waals surface area contributed by atoms with Gasteiger partial charge in [0.15, 0.2) is 0 Å². The van der Waals surface area contributed by atoms with Crippen molar-refractivity contribution in [3.63, 3.8) is 0 Å². The number of benzene rings is 1. The number of hydrogen-bond acceptors (Lipinski definition) is 4. The fraction of sp³-hybridized carbons (Fsp3) is 0.435. The smallest absolute Gasteiger partial charge is 0.227 e. The summed E-state index contributed by atoms with van der Waals surface area (Å²) in [6.45, 7) is 2.75. The Morgan fingerprint density at radius 2 is 1.86 bits per heavy atom. The molecule has 2 aliphatic rings. The molecule has 6 nitrogen and oxygen atoms in total. The molecular formula is C23H28N4O2. The Bertz CT molecular complexity index is 856. The number of rotatable bonds is 5. The zero-order valence-electron chi connectivity index (χ0n) is 16.7. The summed E-state index contributed by atoms with van der Waals surface area (Å²) in [5.41, 5.74) is 3.90. The lowest BCUT2D eigenvalue weighted by molar-refractivity contribution is -0.124. The maximum atomic E-state index is 12.5. The summed E-state index contributed by atoms with van der Waals surface area (Å²) in [4.78, 5) is 30.9. The Labute approximate surface area is 171 Å². The van der Waals surface area contributed by atoms with Crippen molar-refractivity contribution >= 4 is 17.6 Å². The van der Waals surface area contributed by atoms with Crippen LogP contribution < -0.4 is 10.6 Å². The number of piperidine rings is 1. The number of nitrogens with one attached hydrogen (secondary N) is 2. The molecule has 29 heavy (non-hydrogen) atoms. The molecule has 1 aromatic heterocycles. The molecule has 1 fully saturated rings. The summed E-state index contributed by atoms with van der Waals surface area (Å²) >= 11 is 0. The predicted molar refractivity (Wildman–Crippen MR) is 112 cm³/mol. The molecule has 1 atom stereocenters. The first kappa shape index (κ1) is 19.6. The molecule has 0 saturated carbocycles. The Balaban J connectivity index is 1.37. The highest BCUT2D eigenvalue weighted by Crippen LogP contribution is 2.20. The van der Waals surface area contributed by atoms with E-state index in [4.69, 9.17) is 0 Å². The number of carbonyl (C=O) groups excluding carboxylic acids is 2. The number of amides is 2. The van der Waals surface area contributed by atoms with Gasteiger partial charge in [0.2, 0.25) is 11.8 Å². The van der Waals surface area contributed by atoms with E-state index in [0.29, 0.717) is 18.7 Å². The van der Waals surface area contributed by atoms with Gasteiger partial charge in [0.05, 0.1) is 0 Å². The van der Waals surface area contributed by atoms with E-state index in [9.17, 15) is 9.59 Å². The van der Waals surface area contributed by atoms with Crippen LogP contribution in [0.5, 0.6) is 0 Å². The van der Waals surface area contributed by atoms with Crippen LogP contribution in [0.25, 0.3) is 0 Å². The molecule has 2 aliphatic heterocycles. The van der Waals surface area contributed by atoms with Crippen LogP contribution in [0.4, 0.5) is 5.82 Å². The Hall–Kier alpha value is -2.73. The van der Waals surface area contributed by atoms with E-state index >= 15 is 0 Å². The van der Waals surface area contributed by atoms with Gasteiger partial charge in [-0.3, -0.25) is 14.5 Å². The molecule has 3 heterocycles. The van der Waals surface area contributed by atoms with Crippen LogP contribution in [0.2, 0.25) is 0 Å². The monoisotopic (exact) mass is 392 g/mol. The molecule has 1 aromatic carbocycles. The van der Waals surface area contributed by atoms with E-state index in [0.717, 1.165) is 50.9 Å². The highest BCUT2D eigenvalue weighted by molar-refractivity contribution is 5.91. The van der Waals surface area contributed by atoms with Crippen molar-refractivity contribution in [2.24, 2.45) is 0 Å². The lowest BCUT2D eigenvalue weighted by Gasteiger charge is -2.23. The van der Waals surface area contributed by atoms with Crippen LogP contribution in [-0.4, -0.2) is 40.8 Å². The van der Waals surface area contributed by atoms with E-state index < -0.39 is 0 Å². The van der Waals surface area contributed by atoms with Gasteiger partial charge in [-0.2, -0.15) is 0 Å². The van der Waals surface area contributed by atoms with Crippen LogP contribution in [0.15, 0.2) is 42.6 Å². The van der Waals surface area contributed by atoms with E-state index in [1.165, 1.54) is 11.1 Å². The van der Waals surface area contributed by atoms with Gasteiger partial charge in [-0.25, -0.2) is 4.98 Å². The third-order valence-electron chi connectivity index (χ3n) is 5.81. The minimum Gasteiger partial charge on any atom is -0.353 e. The Morgan fingerprint density at radius 3 is 2.59 bits per heavy atom. The van der Waals surface area contributed by atoms with Gasteiger partial charge >= 0.3 is 0 Å². The molecule has 0 aliphatic carbocycles. The van der Waals surface area contributed by atoms with Gasteiger partial charge < -0.3 is 10.6 Å². The molecule has 0 spiro atoms.